The van der Waals surface area contributed by atoms with Gasteiger partial charge in [-0.1, -0.05) is 0 Å². The number of rotatable bonds is 9. The summed E-state index contributed by atoms with van der Waals surface area (Å²) in [7, 11) is 0. The average molecular weight is 467 g/mol. The lowest BCUT2D eigenvalue weighted by Gasteiger charge is -2.18. The minimum absolute atomic E-state index is 0.0317. The first-order chi connectivity index (χ1) is 15.6. The van der Waals surface area contributed by atoms with Crippen LogP contribution < -0.4 is 0 Å². The Hall–Kier alpha value is -3.31. The maximum Gasteiger partial charge on any atom is 0.449 e. The maximum atomic E-state index is 13.9. The SMILES string of the molecule is O=C(O)C[C@H](O)C[C@H](O)CCn1c(C(F)(F)F)nc(-c2ccc(F)cc2)c1-c1cccnc1. The lowest BCUT2D eigenvalue weighted by atomic mass is 10.0. The van der Waals surface area contributed by atoms with Crippen molar-refractivity contribution in [2.24, 2.45) is 0 Å². The number of carboxylic acid groups (broad SMARTS) is 1. The standard InChI is InChI=1S/C22H21F4N3O4/c23-15-5-3-13(4-6-15)19-20(14-2-1-8-27-12-14)29(21(28-19)22(24,25)26)9-7-16(30)10-17(31)11-18(32)33/h1-6,8,12,16-17,30-31H,7,9-11H2,(H,32,33)/t16-,17-/m1/s1. The van der Waals surface area contributed by atoms with Crippen molar-refractivity contribution < 1.29 is 37.7 Å². The third kappa shape index (κ3) is 6.14. The van der Waals surface area contributed by atoms with E-state index >= 15 is 0 Å². The molecule has 0 saturated heterocycles. The van der Waals surface area contributed by atoms with Gasteiger partial charge in [0.05, 0.1) is 30.0 Å². The van der Waals surface area contributed by atoms with Gasteiger partial charge in [-0.25, -0.2) is 9.37 Å². The normalized spacial score (nSPS) is 13.6. The predicted octanol–water partition coefficient (Wildman–Crippen LogP) is 3.75. The van der Waals surface area contributed by atoms with Gasteiger partial charge in [-0.3, -0.25) is 9.78 Å². The number of aliphatic hydroxyl groups is 2. The van der Waals surface area contributed by atoms with Crippen LogP contribution in [-0.4, -0.2) is 48.0 Å². The second-order valence-electron chi connectivity index (χ2n) is 7.46. The second kappa shape index (κ2) is 10.1. The summed E-state index contributed by atoms with van der Waals surface area (Å²) in [6.45, 7) is -0.325. The van der Waals surface area contributed by atoms with Gasteiger partial charge in [-0.15, -0.1) is 0 Å². The summed E-state index contributed by atoms with van der Waals surface area (Å²) in [4.78, 5) is 18.5. The number of hydrogen-bond donors (Lipinski definition) is 3. The zero-order valence-electron chi connectivity index (χ0n) is 17.2. The van der Waals surface area contributed by atoms with Crippen molar-refractivity contribution >= 4 is 5.97 Å². The molecule has 0 fully saturated rings. The van der Waals surface area contributed by atoms with Crippen LogP contribution in [0.2, 0.25) is 0 Å². The van der Waals surface area contributed by atoms with Crippen molar-refractivity contribution in [3.63, 3.8) is 0 Å². The fourth-order valence-corrected chi connectivity index (χ4v) is 3.49. The van der Waals surface area contributed by atoms with E-state index in [0.717, 1.165) is 16.7 Å². The smallest absolute Gasteiger partial charge is 0.449 e. The number of hydrogen-bond acceptors (Lipinski definition) is 5. The van der Waals surface area contributed by atoms with Crippen molar-refractivity contribution in [1.82, 2.24) is 14.5 Å². The van der Waals surface area contributed by atoms with E-state index in [1.54, 1.807) is 12.1 Å². The number of aliphatic hydroxyl groups excluding tert-OH is 2. The van der Waals surface area contributed by atoms with Gasteiger partial charge in [-0.2, -0.15) is 13.2 Å². The zero-order chi connectivity index (χ0) is 24.2. The molecule has 3 N–H and O–H groups in total. The summed E-state index contributed by atoms with van der Waals surface area (Å²) >= 11 is 0. The Balaban J connectivity index is 2.03. The van der Waals surface area contributed by atoms with Crippen LogP contribution in [0, 0.1) is 5.82 Å². The van der Waals surface area contributed by atoms with Crippen LogP contribution in [0.15, 0.2) is 48.8 Å². The van der Waals surface area contributed by atoms with Gasteiger partial charge in [0.1, 0.15) is 5.82 Å². The topological polar surface area (TPSA) is 108 Å². The van der Waals surface area contributed by atoms with Gasteiger partial charge in [0.15, 0.2) is 0 Å². The highest BCUT2D eigenvalue weighted by Crippen LogP contribution is 2.38. The summed E-state index contributed by atoms with van der Waals surface area (Å²) in [5.41, 5.74) is 0.646. The molecule has 0 amide bonds. The van der Waals surface area contributed by atoms with E-state index < -0.39 is 42.4 Å². The second-order valence-corrected chi connectivity index (χ2v) is 7.46. The predicted molar refractivity (Wildman–Crippen MR) is 109 cm³/mol. The van der Waals surface area contributed by atoms with Crippen molar-refractivity contribution in [3.8, 4) is 22.5 Å². The van der Waals surface area contributed by atoms with E-state index in [-0.39, 0.29) is 36.3 Å². The zero-order valence-corrected chi connectivity index (χ0v) is 17.2. The number of benzene rings is 1. The van der Waals surface area contributed by atoms with Crippen molar-refractivity contribution in [2.75, 3.05) is 0 Å². The number of pyridine rings is 1. The van der Waals surface area contributed by atoms with Crippen molar-refractivity contribution in [1.29, 1.82) is 0 Å². The summed E-state index contributed by atoms with van der Waals surface area (Å²) in [6.07, 6.45) is -5.70. The minimum atomic E-state index is -4.83. The van der Waals surface area contributed by atoms with Crippen LogP contribution >= 0.6 is 0 Å². The highest BCUT2D eigenvalue weighted by atomic mass is 19.4. The van der Waals surface area contributed by atoms with Crippen LogP contribution in [0.25, 0.3) is 22.5 Å². The Morgan fingerprint density at radius 3 is 2.33 bits per heavy atom. The van der Waals surface area contributed by atoms with Crippen LogP contribution in [0.5, 0.6) is 0 Å². The van der Waals surface area contributed by atoms with E-state index in [4.69, 9.17) is 5.11 Å². The first-order valence-electron chi connectivity index (χ1n) is 9.98. The third-order valence-electron chi connectivity index (χ3n) is 4.91. The van der Waals surface area contributed by atoms with Crippen LogP contribution in [0.1, 0.15) is 25.1 Å². The highest BCUT2D eigenvalue weighted by molar-refractivity contribution is 5.78. The summed E-state index contributed by atoms with van der Waals surface area (Å²) in [5.74, 6) is -3.02. The first-order valence-corrected chi connectivity index (χ1v) is 9.98. The third-order valence-corrected chi connectivity index (χ3v) is 4.91. The van der Waals surface area contributed by atoms with Gasteiger partial charge in [-0.05, 0) is 49.2 Å². The molecule has 1 aromatic carbocycles. The lowest BCUT2D eigenvalue weighted by Crippen LogP contribution is -2.23. The van der Waals surface area contributed by atoms with E-state index in [1.807, 2.05) is 0 Å². The van der Waals surface area contributed by atoms with E-state index in [2.05, 4.69) is 9.97 Å². The largest absolute Gasteiger partial charge is 0.481 e. The number of aliphatic carboxylic acids is 1. The molecule has 0 bridgehead atoms. The number of aromatic nitrogens is 3. The molecule has 2 aromatic heterocycles. The Labute approximate surface area is 186 Å². The van der Waals surface area contributed by atoms with Gasteiger partial charge >= 0.3 is 12.1 Å². The van der Waals surface area contributed by atoms with E-state index in [1.165, 1.54) is 24.5 Å². The Kier molecular flexibility index (Phi) is 7.44. The molecule has 0 unspecified atom stereocenters. The Morgan fingerprint density at radius 2 is 1.76 bits per heavy atom. The maximum absolute atomic E-state index is 13.9. The molecule has 2 heterocycles. The van der Waals surface area contributed by atoms with Gasteiger partial charge < -0.3 is 19.9 Å². The van der Waals surface area contributed by atoms with Gasteiger partial charge in [0, 0.05) is 30.1 Å². The molecule has 0 spiro atoms. The van der Waals surface area contributed by atoms with E-state index in [0.29, 0.717) is 5.56 Å². The van der Waals surface area contributed by atoms with Crippen LogP contribution in [-0.2, 0) is 17.5 Å². The number of imidazole rings is 1. The molecule has 11 heteroatoms. The lowest BCUT2D eigenvalue weighted by molar-refractivity contribution is -0.147. The van der Waals surface area contributed by atoms with Gasteiger partial charge in [0.25, 0.3) is 0 Å². The Morgan fingerprint density at radius 1 is 1.06 bits per heavy atom. The molecule has 176 valence electrons. The molecule has 0 aliphatic rings. The van der Waals surface area contributed by atoms with Crippen LogP contribution in [0.3, 0.4) is 0 Å². The average Bonchev–Trinajstić information content (AvgIpc) is 3.13. The van der Waals surface area contributed by atoms with Crippen molar-refractivity contribution in [3.05, 3.63) is 60.4 Å². The molecule has 3 rings (SSSR count). The van der Waals surface area contributed by atoms with E-state index in [9.17, 15) is 32.6 Å². The molecular weight excluding hydrogens is 446 g/mol. The molecule has 7 nitrogen and oxygen atoms in total. The minimum Gasteiger partial charge on any atom is -0.481 e. The molecule has 3 aromatic rings. The molecule has 0 saturated carbocycles. The Bertz CT molecular complexity index is 1090. The fourth-order valence-electron chi connectivity index (χ4n) is 3.49. The quantitative estimate of drug-likeness (QED) is 0.414. The van der Waals surface area contributed by atoms with Crippen LogP contribution in [0.4, 0.5) is 17.6 Å². The summed E-state index contributed by atoms with van der Waals surface area (Å²) < 4.78 is 56.0. The van der Waals surface area contributed by atoms with Crippen molar-refractivity contribution in [2.45, 2.75) is 44.2 Å². The number of carbonyl (C=O) groups is 1. The summed E-state index contributed by atoms with van der Waals surface area (Å²) in [6, 6.07) is 7.97. The molecule has 0 aliphatic carbocycles. The number of halogens is 4. The monoisotopic (exact) mass is 467 g/mol. The fraction of sp³-hybridized carbons (Fsp3) is 0.318. The first kappa shape index (κ1) is 24.3. The molecular formula is C22H21F4N3O4. The number of nitrogens with zero attached hydrogens (tertiary/aromatic N) is 3. The molecule has 33 heavy (non-hydrogen) atoms. The number of alkyl halides is 3. The molecule has 2 atom stereocenters. The van der Waals surface area contributed by atoms with Gasteiger partial charge in [0.2, 0.25) is 5.82 Å². The molecule has 0 radical (unpaired) electrons. The highest BCUT2D eigenvalue weighted by Gasteiger charge is 2.39. The molecule has 0 aliphatic heterocycles. The number of carboxylic acids is 1. The summed E-state index contributed by atoms with van der Waals surface area (Å²) in [5, 5.41) is 28.6.